The van der Waals surface area contributed by atoms with Crippen LogP contribution in [0.4, 0.5) is 0 Å². The second kappa shape index (κ2) is 5.43. The minimum atomic E-state index is -0.357. The molecule has 1 unspecified atom stereocenters. The fourth-order valence-corrected chi connectivity index (χ4v) is 2.47. The van der Waals surface area contributed by atoms with E-state index >= 15 is 0 Å². The molecule has 0 saturated heterocycles. The zero-order valence-electron chi connectivity index (χ0n) is 11.7. The van der Waals surface area contributed by atoms with E-state index in [1.54, 1.807) is 16.8 Å². The molecule has 2 rings (SSSR count). The van der Waals surface area contributed by atoms with E-state index in [0.29, 0.717) is 19.5 Å². The minimum absolute atomic E-state index is 0.0196. The van der Waals surface area contributed by atoms with Crippen molar-refractivity contribution in [1.82, 2.24) is 9.80 Å². The van der Waals surface area contributed by atoms with Gasteiger partial charge in [-0.05, 0) is 25.0 Å². The predicted octanol–water partition coefficient (Wildman–Crippen LogP) is 1.90. The van der Waals surface area contributed by atoms with Crippen molar-refractivity contribution < 1.29 is 9.59 Å². The first kappa shape index (κ1) is 13.6. The van der Waals surface area contributed by atoms with Gasteiger partial charge < -0.3 is 9.80 Å². The van der Waals surface area contributed by atoms with Crippen LogP contribution >= 0.6 is 0 Å². The Labute approximate surface area is 114 Å². The Morgan fingerprint density at radius 2 is 2.05 bits per heavy atom. The van der Waals surface area contributed by atoms with Gasteiger partial charge in [0.1, 0.15) is 6.04 Å². The van der Waals surface area contributed by atoms with E-state index in [2.05, 4.69) is 0 Å². The van der Waals surface area contributed by atoms with Crippen LogP contribution in [0.2, 0.25) is 0 Å². The lowest BCUT2D eigenvalue weighted by molar-refractivity contribution is -0.134. The summed E-state index contributed by atoms with van der Waals surface area (Å²) in [6.07, 6.45) is 0.642. The molecule has 4 nitrogen and oxygen atoms in total. The number of hydrogen-bond acceptors (Lipinski definition) is 2. The maximum Gasteiger partial charge on any atom is 0.255 e. The Bertz CT molecular complexity index is 499. The van der Waals surface area contributed by atoms with Gasteiger partial charge in [0.15, 0.2) is 0 Å². The number of hydrogen-bond donors (Lipinski definition) is 0. The number of amides is 2. The van der Waals surface area contributed by atoms with E-state index in [4.69, 9.17) is 0 Å². The smallest absolute Gasteiger partial charge is 0.255 e. The van der Waals surface area contributed by atoms with Crippen molar-refractivity contribution >= 4 is 11.8 Å². The molecule has 0 spiro atoms. The number of carbonyl (C=O) groups is 2. The van der Waals surface area contributed by atoms with E-state index in [1.165, 1.54) is 0 Å². The zero-order chi connectivity index (χ0) is 14.0. The second-order valence-corrected chi connectivity index (χ2v) is 4.87. The molecule has 1 aliphatic heterocycles. The van der Waals surface area contributed by atoms with Gasteiger partial charge >= 0.3 is 0 Å². The highest BCUT2D eigenvalue weighted by molar-refractivity contribution is 6.01. The highest BCUT2D eigenvalue weighted by Crippen LogP contribution is 2.25. The molecule has 102 valence electrons. The lowest BCUT2D eigenvalue weighted by atomic mass is 10.1. The third-order valence-corrected chi connectivity index (χ3v) is 3.75. The van der Waals surface area contributed by atoms with Gasteiger partial charge in [0.25, 0.3) is 5.91 Å². The topological polar surface area (TPSA) is 40.6 Å². The van der Waals surface area contributed by atoms with E-state index in [0.717, 1.165) is 11.1 Å². The van der Waals surface area contributed by atoms with Gasteiger partial charge in [0.2, 0.25) is 5.91 Å². The van der Waals surface area contributed by atoms with Crippen LogP contribution in [-0.4, -0.2) is 41.2 Å². The molecule has 19 heavy (non-hydrogen) atoms. The van der Waals surface area contributed by atoms with E-state index in [-0.39, 0.29) is 17.9 Å². The Morgan fingerprint density at radius 3 is 2.63 bits per heavy atom. The average Bonchev–Trinajstić information content (AvgIpc) is 2.76. The highest BCUT2D eigenvalue weighted by Gasteiger charge is 2.35. The normalized spacial score (nSPS) is 15.3. The van der Waals surface area contributed by atoms with Crippen LogP contribution in [0, 0.1) is 0 Å². The standard InChI is InChI=1S/C15H20N2O2/c1-4-13(15(19)16(3)5-2)17-10-11-8-6-7-9-12(11)14(17)18/h6-9,13H,4-5,10H2,1-3H3. The Hall–Kier alpha value is -1.84. The first-order valence-corrected chi connectivity index (χ1v) is 6.74. The molecule has 0 saturated carbocycles. The number of fused-ring (bicyclic) bond motifs is 1. The molecule has 0 aromatic heterocycles. The lowest BCUT2D eigenvalue weighted by Crippen LogP contribution is -2.47. The van der Waals surface area contributed by atoms with Crippen LogP contribution in [0.1, 0.15) is 36.2 Å². The second-order valence-electron chi connectivity index (χ2n) is 4.87. The monoisotopic (exact) mass is 260 g/mol. The summed E-state index contributed by atoms with van der Waals surface area (Å²) >= 11 is 0. The van der Waals surface area contributed by atoms with Gasteiger partial charge in [0, 0.05) is 25.7 Å². The third kappa shape index (κ3) is 2.35. The van der Waals surface area contributed by atoms with Crippen molar-refractivity contribution in [3.8, 4) is 0 Å². The van der Waals surface area contributed by atoms with Crippen molar-refractivity contribution in [1.29, 1.82) is 0 Å². The molecule has 0 radical (unpaired) electrons. The SMILES string of the molecule is CCC(C(=O)N(C)CC)N1Cc2ccccc2C1=O. The molecule has 2 amide bonds. The summed E-state index contributed by atoms with van der Waals surface area (Å²) < 4.78 is 0. The van der Waals surface area contributed by atoms with Crippen LogP contribution in [0.5, 0.6) is 0 Å². The predicted molar refractivity (Wildman–Crippen MR) is 73.7 cm³/mol. The van der Waals surface area contributed by atoms with Gasteiger partial charge in [-0.15, -0.1) is 0 Å². The molecule has 0 aliphatic carbocycles. The van der Waals surface area contributed by atoms with E-state index < -0.39 is 0 Å². The summed E-state index contributed by atoms with van der Waals surface area (Å²) in [5, 5.41) is 0. The Balaban J connectivity index is 2.24. The van der Waals surface area contributed by atoms with E-state index in [1.807, 2.05) is 38.1 Å². The van der Waals surface area contributed by atoms with Gasteiger partial charge in [-0.1, -0.05) is 25.1 Å². The van der Waals surface area contributed by atoms with E-state index in [9.17, 15) is 9.59 Å². The number of nitrogens with zero attached hydrogens (tertiary/aromatic N) is 2. The van der Waals surface area contributed by atoms with Crippen molar-refractivity contribution in [3.05, 3.63) is 35.4 Å². The molecule has 1 aliphatic rings. The number of likely N-dealkylation sites (N-methyl/N-ethyl adjacent to an activating group) is 1. The van der Waals surface area contributed by atoms with Crippen molar-refractivity contribution in [2.75, 3.05) is 13.6 Å². The first-order chi connectivity index (χ1) is 9.10. The molecular weight excluding hydrogens is 240 g/mol. The molecule has 0 bridgehead atoms. The summed E-state index contributed by atoms with van der Waals surface area (Å²) in [5.74, 6) is -0.00791. The van der Waals surface area contributed by atoms with Crippen LogP contribution < -0.4 is 0 Å². The van der Waals surface area contributed by atoms with Crippen molar-refractivity contribution in [2.45, 2.75) is 32.9 Å². The summed E-state index contributed by atoms with van der Waals surface area (Å²) in [4.78, 5) is 28.1. The first-order valence-electron chi connectivity index (χ1n) is 6.74. The lowest BCUT2D eigenvalue weighted by Gasteiger charge is -2.29. The molecule has 4 heteroatoms. The molecular formula is C15H20N2O2. The third-order valence-electron chi connectivity index (χ3n) is 3.75. The zero-order valence-corrected chi connectivity index (χ0v) is 11.7. The van der Waals surface area contributed by atoms with Crippen LogP contribution in [0.25, 0.3) is 0 Å². The molecule has 0 N–H and O–H groups in total. The van der Waals surface area contributed by atoms with Gasteiger partial charge in [-0.3, -0.25) is 9.59 Å². The largest absolute Gasteiger partial charge is 0.344 e. The number of carbonyl (C=O) groups excluding carboxylic acids is 2. The highest BCUT2D eigenvalue weighted by atomic mass is 16.2. The molecule has 0 fully saturated rings. The van der Waals surface area contributed by atoms with Gasteiger partial charge in [-0.2, -0.15) is 0 Å². The Morgan fingerprint density at radius 1 is 1.37 bits per heavy atom. The number of benzene rings is 1. The van der Waals surface area contributed by atoms with Crippen LogP contribution in [-0.2, 0) is 11.3 Å². The molecule has 1 atom stereocenters. The van der Waals surface area contributed by atoms with Crippen LogP contribution in [0.15, 0.2) is 24.3 Å². The summed E-state index contributed by atoms with van der Waals surface area (Å²) in [5.41, 5.74) is 1.74. The Kier molecular flexibility index (Phi) is 3.88. The number of rotatable bonds is 4. The molecule has 1 aromatic carbocycles. The summed E-state index contributed by atoms with van der Waals surface area (Å²) in [6, 6.07) is 7.22. The van der Waals surface area contributed by atoms with Crippen molar-refractivity contribution in [3.63, 3.8) is 0 Å². The molecule has 1 heterocycles. The summed E-state index contributed by atoms with van der Waals surface area (Å²) in [6.45, 7) is 5.08. The van der Waals surface area contributed by atoms with Gasteiger partial charge in [0.05, 0.1) is 0 Å². The summed E-state index contributed by atoms with van der Waals surface area (Å²) in [7, 11) is 1.78. The van der Waals surface area contributed by atoms with Gasteiger partial charge in [-0.25, -0.2) is 0 Å². The maximum atomic E-state index is 12.4. The fourth-order valence-electron chi connectivity index (χ4n) is 2.47. The fraction of sp³-hybridized carbons (Fsp3) is 0.467. The molecule has 1 aromatic rings. The minimum Gasteiger partial charge on any atom is -0.344 e. The quantitative estimate of drug-likeness (QED) is 0.829. The van der Waals surface area contributed by atoms with Crippen LogP contribution in [0.3, 0.4) is 0 Å². The maximum absolute atomic E-state index is 12.4. The van der Waals surface area contributed by atoms with Crippen molar-refractivity contribution in [2.24, 2.45) is 0 Å². The average molecular weight is 260 g/mol.